The Bertz CT molecular complexity index is 210. The number of aryl methyl sites for hydroxylation is 1. The van der Waals surface area contributed by atoms with Crippen LogP contribution >= 0.6 is 0 Å². The summed E-state index contributed by atoms with van der Waals surface area (Å²) in [5.74, 6) is 0.421. The molecule has 1 N–H and O–H groups in total. The fraction of sp³-hybridized carbons (Fsp3) is 0.333. The summed E-state index contributed by atoms with van der Waals surface area (Å²) in [5.41, 5.74) is 1.05. The molecule has 0 saturated carbocycles. The van der Waals surface area contributed by atoms with Crippen LogP contribution in [-0.4, -0.2) is 34.7 Å². The van der Waals surface area contributed by atoms with Crippen LogP contribution in [-0.2, 0) is 6.42 Å². The number of aromatic hydroxyl groups is 1. The van der Waals surface area contributed by atoms with Crippen LogP contribution in [0, 0.1) is 0 Å². The standard InChI is InChI=1S/C9H12O.Na.H/c1-2-5-8-6-3-4-7-9(8)10;;/h3-4,6-7,10H,2,5H2,1H3;;. The van der Waals surface area contributed by atoms with Crippen molar-refractivity contribution in [3.8, 4) is 5.75 Å². The van der Waals surface area contributed by atoms with Crippen molar-refractivity contribution >= 4 is 29.6 Å². The molecule has 1 rings (SSSR count). The average molecular weight is 160 g/mol. The summed E-state index contributed by atoms with van der Waals surface area (Å²) >= 11 is 0. The Morgan fingerprint density at radius 3 is 2.45 bits per heavy atom. The Morgan fingerprint density at radius 1 is 1.27 bits per heavy atom. The van der Waals surface area contributed by atoms with Gasteiger partial charge in [-0.2, -0.15) is 0 Å². The van der Waals surface area contributed by atoms with E-state index >= 15 is 0 Å². The first-order chi connectivity index (χ1) is 4.84. The molecule has 0 aliphatic heterocycles. The van der Waals surface area contributed by atoms with Crippen LogP contribution < -0.4 is 0 Å². The second-order valence-electron chi connectivity index (χ2n) is 2.38. The van der Waals surface area contributed by atoms with Gasteiger partial charge in [0, 0.05) is 0 Å². The van der Waals surface area contributed by atoms with Gasteiger partial charge in [-0.15, -0.1) is 0 Å². The first-order valence-corrected chi connectivity index (χ1v) is 3.61. The number of phenolic OH excluding ortho intramolecular Hbond substituents is 1. The SMILES string of the molecule is CCCc1ccccc1O.[NaH]. The van der Waals surface area contributed by atoms with Crippen LogP contribution in [0.1, 0.15) is 18.9 Å². The third kappa shape index (κ3) is 3.28. The van der Waals surface area contributed by atoms with E-state index < -0.39 is 0 Å². The molecule has 0 bridgehead atoms. The number of para-hydroxylation sites is 1. The van der Waals surface area contributed by atoms with Crippen LogP contribution in [0.25, 0.3) is 0 Å². The van der Waals surface area contributed by atoms with E-state index in [1.807, 2.05) is 18.2 Å². The van der Waals surface area contributed by atoms with Gasteiger partial charge in [-0.3, -0.25) is 0 Å². The fourth-order valence-electron chi connectivity index (χ4n) is 0.992. The number of rotatable bonds is 2. The first-order valence-electron chi connectivity index (χ1n) is 3.61. The van der Waals surface area contributed by atoms with Gasteiger partial charge in [0.1, 0.15) is 5.75 Å². The molecule has 11 heavy (non-hydrogen) atoms. The van der Waals surface area contributed by atoms with Crippen LogP contribution in [0.15, 0.2) is 24.3 Å². The molecule has 1 nitrogen and oxygen atoms in total. The van der Waals surface area contributed by atoms with E-state index in [0.717, 1.165) is 18.4 Å². The van der Waals surface area contributed by atoms with Gasteiger partial charge in [-0.05, 0) is 18.1 Å². The van der Waals surface area contributed by atoms with Crippen molar-refractivity contribution in [3.05, 3.63) is 29.8 Å². The Hall–Kier alpha value is 0.0200. The summed E-state index contributed by atoms with van der Waals surface area (Å²) < 4.78 is 0. The molecular weight excluding hydrogens is 147 g/mol. The third-order valence-electron chi connectivity index (χ3n) is 1.51. The van der Waals surface area contributed by atoms with Crippen molar-refractivity contribution in [2.45, 2.75) is 19.8 Å². The van der Waals surface area contributed by atoms with Crippen LogP contribution in [0.4, 0.5) is 0 Å². The molecule has 0 amide bonds. The van der Waals surface area contributed by atoms with Crippen molar-refractivity contribution in [2.24, 2.45) is 0 Å². The van der Waals surface area contributed by atoms with Crippen LogP contribution in [0.3, 0.4) is 0 Å². The molecule has 1 aromatic rings. The molecule has 1 aromatic carbocycles. The first kappa shape index (κ1) is 11.0. The molecule has 0 spiro atoms. The normalized spacial score (nSPS) is 8.82. The van der Waals surface area contributed by atoms with Crippen LogP contribution in [0.5, 0.6) is 5.75 Å². The fourth-order valence-corrected chi connectivity index (χ4v) is 0.992. The Balaban J connectivity index is 0.000001000. The predicted octanol–water partition coefficient (Wildman–Crippen LogP) is 1.70. The Labute approximate surface area is 89.7 Å². The molecule has 0 atom stereocenters. The zero-order valence-corrected chi connectivity index (χ0v) is 6.17. The molecule has 0 saturated heterocycles. The van der Waals surface area contributed by atoms with Crippen molar-refractivity contribution in [1.29, 1.82) is 0 Å². The Kier molecular flexibility index (Phi) is 5.65. The monoisotopic (exact) mass is 160 g/mol. The molecule has 2 heteroatoms. The van der Waals surface area contributed by atoms with Crippen molar-refractivity contribution in [1.82, 2.24) is 0 Å². The van der Waals surface area contributed by atoms with Gasteiger partial charge >= 0.3 is 29.6 Å². The van der Waals surface area contributed by atoms with E-state index in [0.29, 0.717) is 5.75 Å². The molecule has 0 fully saturated rings. The quantitative estimate of drug-likeness (QED) is 0.653. The minimum atomic E-state index is 0. The molecule has 0 unspecified atom stereocenters. The van der Waals surface area contributed by atoms with Gasteiger partial charge in [-0.1, -0.05) is 31.5 Å². The molecule has 0 radical (unpaired) electrons. The van der Waals surface area contributed by atoms with E-state index in [9.17, 15) is 5.11 Å². The van der Waals surface area contributed by atoms with E-state index in [1.165, 1.54) is 0 Å². The summed E-state index contributed by atoms with van der Waals surface area (Å²) in [4.78, 5) is 0. The zero-order valence-electron chi connectivity index (χ0n) is 6.17. The number of phenols is 1. The number of hydrogen-bond donors (Lipinski definition) is 1. The van der Waals surface area contributed by atoms with Crippen LogP contribution in [0.2, 0.25) is 0 Å². The predicted molar refractivity (Wildman–Crippen MR) is 49.3 cm³/mol. The summed E-state index contributed by atoms with van der Waals surface area (Å²) in [6.45, 7) is 2.10. The second-order valence-corrected chi connectivity index (χ2v) is 2.38. The van der Waals surface area contributed by atoms with Gasteiger partial charge in [0.25, 0.3) is 0 Å². The summed E-state index contributed by atoms with van der Waals surface area (Å²) in [7, 11) is 0. The third-order valence-corrected chi connectivity index (χ3v) is 1.51. The van der Waals surface area contributed by atoms with Gasteiger partial charge in [0.15, 0.2) is 0 Å². The van der Waals surface area contributed by atoms with E-state index in [4.69, 9.17) is 0 Å². The van der Waals surface area contributed by atoms with Gasteiger partial charge in [0.05, 0.1) is 0 Å². The molecule has 0 aliphatic carbocycles. The van der Waals surface area contributed by atoms with Crippen molar-refractivity contribution < 1.29 is 5.11 Å². The molecule has 0 heterocycles. The summed E-state index contributed by atoms with van der Waals surface area (Å²) in [5, 5.41) is 9.24. The minimum absolute atomic E-state index is 0. The average Bonchev–Trinajstić information content (AvgIpc) is 1.94. The topological polar surface area (TPSA) is 20.2 Å². The zero-order chi connectivity index (χ0) is 7.40. The van der Waals surface area contributed by atoms with E-state index in [1.54, 1.807) is 6.07 Å². The molecular formula is C9H13NaO. The van der Waals surface area contributed by atoms with E-state index in [-0.39, 0.29) is 29.6 Å². The molecule has 0 aliphatic rings. The van der Waals surface area contributed by atoms with Crippen molar-refractivity contribution in [2.75, 3.05) is 0 Å². The number of benzene rings is 1. The molecule has 56 valence electrons. The maximum atomic E-state index is 9.24. The van der Waals surface area contributed by atoms with E-state index in [2.05, 4.69) is 6.92 Å². The summed E-state index contributed by atoms with van der Waals surface area (Å²) in [6.07, 6.45) is 2.05. The molecule has 0 aromatic heterocycles. The van der Waals surface area contributed by atoms with Gasteiger partial charge in [0.2, 0.25) is 0 Å². The van der Waals surface area contributed by atoms with Crippen molar-refractivity contribution in [3.63, 3.8) is 0 Å². The number of hydrogen-bond acceptors (Lipinski definition) is 1. The van der Waals surface area contributed by atoms with Gasteiger partial charge in [-0.25, -0.2) is 0 Å². The second kappa shape index (κ2) is 5.64. The van der Waals surface area contributed by atoms with Gasteiger partial charge < -0.3 is 5.11 Å². The Morgan fingerprint density at radius 2 is 1.91 bits per heavy atom. The summed E-state index contributed by atoms with van der Waals surface area (Å²) in [6, 6.07) is 7.48. The maximum absolute atomic E-state index is 9.24.